The van der Waals surface area contributed by atoms with Crippen molar-refractivity contribution in [2.75, 3.05) is 33.8 Å². The van der Waals surface area contributed by atoms with Crippen LogP contribution < -0.4 is 5.32 Å². The van der Waals surface area contributed by atoms with Gasteiger partial charge in [-0.25, -0.2) is 5.06 Å². The summed E-state index contributed by atoms with van der Waals surface area (Å²) in [6.07, 6.45) is 0. The summed E-state index contributed by atoms with van der Waals surface area (Å²) in [5.74, 6) is -0.287. The van der Waals surface area contributed by atoms with Crippen LogP contribution in [0.15, 0.2) is 0 Å². The summed E-state index contributed by atoms with van der Waals surface area (Å²) in [5, 5.41) is 4.23. The van der Waals surface area contributed by atoms with Crippen LogP contribution in [0, 0.1) is 0 Å². The van der Waals surface area contributed by atoms with Crippen LogP contribution >= 0.6 is 0 Å². The molecule has 1 fully saturated rings. The first-order valence-electron chi connectivity index (χ1n) is 5.23. The molecule has 0 aliphatic carbocycles. The summed E-state index contributed by atoms with van der Waals surface area (Å²) < 4.78 is 0. The number of carbonyl (C=O) groups is 2. The lowest BCUT2D eigenvalue weighted by Crippen LogP contribution is -2.62. The summed E-state index contributed by atoms with van der Waals surface area (Å²) >= 11 is 0. The van der Waals surface area contributed by atoms with Crippen LogP contribution in [0.2, 0.25) is 0 Å². The zero-order valence-corrected chi connectivity index (χ0v) is 10.2. The molecule has 0 aromatic heterocycles. The lowest BCUT2D eigenvalue weighted by Gasteiger charge is -2.38. The zero-order chi connectivity index (χ0) is 12.3. The molecule has 0 atom stereocenters. The van der Waals surface area contributed by atoms with Gasteiger partial charge >= 0.3 is 0 Å². The van der Waals surface area contributed by atoms with Gasteiger partial charge in [0.1, 0.15) is 6.54 Å². The molecular weight excluding hydrogens is 210 g/mol. The number of nitrogens with one attached hydrogen (secondary N) is 1. The normalized spacial score (nSPS) is 19.8. The fraction of sp³-hybridized carbons (Fsp3) is 0.800. The van der Waals surface area contributed by atoms with E-state index in [2.05, 4.69) is 5.32 Å². The highest BCUT2D eigenvalue weighted by atomic mass is 16.7. The van der Waals surface area contributed by atoms with E-state index in [1.807, 2.05) is 13.8 Å². The molecule has 0 spiro atoms. The van der Waals surface area contributed by atoms with E-state index in [0.29, 0.717) is 13.1 Å². The first-order valence-corrected chi connectivity index (χ1v) is 5.23. The van der Waals surface area contributed by atoms with Crippen molar-refractivity contribution >= 4 is 11.8 Å². The molecular formula is C10H19N3O3. The molecule has 6 nitrogen and oxygen atoms in total. The predicted molar refractivity (Wildman–Crippen MR) is 58.4 cm³/mol. The SMILES string of the molecule is CON(C)C(=O)CN1CCNC(C)(C)C1=O. The van der Waals surface area contributed by atoms with Gasteiger partial charge in [0.15, 0.2) is 0 Å². The van der Waals surface area contributed by atoms with E-state index < -0.39 is 5.54 Å². The van der Waals surface area contributed by atoms with Crippen molar-refractivity contribution in [2.45, 2.75) is 19.4 Å². The van der Waals surface area contributed by atoms with E-state index in [-0.39, 0.29) is 18.4 Å². The van der Waals surface area contributed by atoms with Crippen LogP contribution in [0.1, 0.15) is 13.8 Å². The Hall–Kier alpha value is -1.14. The van der Waals surface area contributed by atoms with Crippen molar-refractivity contribution in [1.29, 1.82) is 0 Å². The molecule has 1 aliphatic heterocycles. The Labute approximate surface area is 95.5 Å². The fourth-order valence-electron chi connectivity index (χ4n) is 1.59. The molecule has 0 aromatic carbocycles. The van der Waals surface area contributed by atoms with Gasteiger partial charge in [-0.2, -0.15) is 0 Å². The van der Waals surface area contributed by atoms with Gasteiger partial charge in [-0.1, -0.05) is 0 Å². The summed E-state index contributed by atoms with van der Waals surface area (Å²) in [4.78, 5) is 29.9. The second-order valence-corrected chi connectivity index (χ2v) is 4.35. The number of hydrogen-bond acceptors (Lipinski definition) is 4. The molecule has 1 heterocycles. The highest BCUT2D eigenvalue weighted by molar-refractivity contribution is 5.90. The van der Waals surface area contributed by atoms with Gasteiger partial charge in [0, 0.05) is 20.1 Å². The quantitative estimate of drug-likeness (QED) is 0.645. The molecule has 16 heavy (non-hydrogen) atoms. The molecule has 1 rings (SSSR count). The van der Waals surface area contributed by atoms with Gasteiger partial charge in [-0.15, -0.1) is 0 Å². The zero-order valence-electron chi connectivity index (χ0n) is 10.2. The summed E-state index contributed by atoms with van der Waals surface area (Å²) in [6, 6.07) is 0. The standard InChI is InChI=1S/C10H19N3O3/c1-10(2)9(15)13(6-5-11-10)7-8(14)12(3)16-4/h11H,5-7H2,1-4H3. The molecule has 1 saturated heterocycles. The monoisotopic (exact) mass is 229 g/mol. The highest BCUT2D eigenvalue weighted by Gasteiger charge is 2.36. The Bertz CT molecular complexity index is 291. The van der Waals surface area contributed by atoms with Gasteiger partial charge in [0.05, 0.1) is 12.6 Å². The van der Waals surface area contributed by atoms with E-state index >= 15 is 0 Å². The Kier molecular flexibility index (Phi) is 3.88. The van der Waals surface area contributed by atoms with Crippen LogP contribution in [0.3, 0.4) is 0 Å². The van der Waals surface area contributed by atoms with Crippen molar-refractivity contribution in [1.82, 2.24) is 15.3 Å². The molecule has 1 aliphatic rings. The third kappa shape index (κ3) is 2.70. The number of likely N-dealkylation sites (N-methyl/N-ethyl adjacent to an activating group) is 1. The maximum absolute atomic E-state index is 11.9. The van der Waals surface area contributed by atoms with Crippen molar-refractivity contribution in [3.63, 3.8) is 0 Å². The average Bonchev–Trinajstić information content (AvgIpc) is 2.23. The molecule has 0 bridgehead atoms. The number of rotatable bonds is 3. The minimum absolute atomic E-state index is 0.0587. The number of carbonyl (C=O) groups excluding carboxylic acids is 2. The van der Waals surface area contributed by atoms with E-state index in [1.165, 1.54) is 14.2 Å². The third-order valence-corrected chi connectivity index (χ3v) is 2.72. The smallest absolute Gasteiger partial charge is 0.265 e. The van der Waals surface area contributed by atoms with Gasteiger partial charge in [-0.05, 0) is 13.8 Å². The molecule has 0 radical (unpaired) electrons. The van der Waals surface area contributed by atoms with Gasteiger partial charge < -0.3 is 10.2 Å². The minimum Gasteiger partial charge on any atom is -0.330 e. The summed E-state index contributed by atoms with van der Waals surface area (Å²) in [7, 11) is 2.95. The van der Waals surface area contributed by atoms with Crippen LogP contribution in [0.4, 0.5) is 0 Å². The Morgan fingerprint density at radius 1 is 1.62 bits per heavy atom. The molecule has 2 amide bonds. The molecule has 0 unspecified atom stereocenters. The fourth-order valence-corrected chi connectivity index (χ4v) is 1.59. The number of amides is 2. The molecule has 6 heteroatoms. The van der Waals surface area contributed by atoms with E-state index in [0.717, 1.165) is 5.06 Å². The number of hydroxylamine groups is 2. The Morgan fingerprint density at radius 3 is 2.81 bits per heavy atom. The largest absolute Gasteiger partial charge is 0.330 e. The van der Waals surface area contributed by atoms with Crippen LogP contribution in [0.5, 0.6) is 0 Å². The average molecular weight is 229 g/mol. The van der Waals surface area contributed by atoms with Crippen molar-refractivity contribution < 1.29 is 14.4 Å². The molecule has 0 aromatic rings. The summed E-state index contributed by atoms with van der Waals surface area (Å²) in [5.41, 5.74) is -0.593. The lowest BCUT2D eigenvalue weighted by molar-refractivity contribution is -0.172. The Morgan fingerprint density at radius 2 is 2.25 bits per heavy atom. The van der Waals surface area contributed by atoms with Gasteiger partial charge in [-0.3, -0.25) is 14.4 Å². The second-order valence-electron chi connectivity index (χ2n) is 4.35. The van der Waals surface area contributed by atoms with Crippen molar-refractivity contribution in [3.8, 4) is 0 Å². The van der Waals surface area contributed by atoms with E-state index in [4.69, 9.17) is 4.84 Å². The highest BCUT2D eigenvalue weighted by Crippen LogP contribution is 2.12. The first kappa shape index (κ1) is 12.9. The van der Waals surface area contributed by atoms with Gasteiger partial charge in [0.2, 0.25) is 5.91 Å². The molecule has 0 saturated carbocycles. The predicted octanol–water partition coefficient (Wildman–Crippen LogP) is -0.783. The number of piperazine rings is 1. The number of nitrogens with zero attached hydrogens (tertiary/aromatic N) is 2. The van der Waals surface area contributed by atoms with E-state index in [9.17, 15) is 9.59 Å². The molecule has 1 N–H and O–H groups in total. The van der Waals surface area contributed by atoms with E-state index in [1.54, 1.807) is 4.90 Å². The van der Waals surface area contributed by atoms with Crippen molar-refractivity contribution in [3.05, 3.63) is 0 Å². The minimum atomic E-state index is -0.593. The Balaban J connectivity index is 2.61. The summed E-state index contributed by atoms with van der Waals surface area (Å²) in [6.45, 7) is 4.93. The second kappa shape index (κ2) is 4.80. The van der Waals surface area contributed by atoms with Crippen LogP contribution in [0.25, 0.3) is 0 Å². The van der Waals surface area contributed by atoms with Crippen LogP contribution in [-0.4, -0.2) is 61.1 Å². The maximum Gasteiger partial charge on any atom is 0.265 e. The lowest BCUT2D eigenvalue weighted by atomic mass is 10.0. The number of hydrogen-bond donors (Lipinski definition) is 1. The maximum atomic E-state index is 11.9. The van der Waals surface area contributed by atoms with Gasteiger partial charge in [0.25, 0.3) is 5.91 Å². The molecule has 92 valence electrons. The first-order chi connectivity index (χ1) is 7.38. The third-order valence-electron chi connectivity index (χ3n) is 2.72. The topological polar surface area (TPSA) is 61.9 Å². The van der Waals surface area contributed by atoms with Crippen LogP contribution in [-0.2, 0) is 14.4 Å². The van der Waals surface area contributed by atoms with Crippen molar-refractivity contribution in [2.24, 2.45) is 0 Å².